The molecule has 0 radical (unpaired) electrons. The number of likely N-dealkylation sites (N-methyl/N-ethyl adjacent to an activating group) is 1. The Morgan fingerprint density at radius 1 is 1.78 bits per heavy atom. The summed E-state index contributed by atoms with van der Waals surface area (Å²) in [7, 11) is 1.80. The molecule has 0 heterocycles. The summed E-state index contributed by atoms with van der Waals surface area (Å²) in [4.78, 5) is 9.98. The third kappa shape index (κ3) is 11.2. The lowest BCUT2D eigenvalue weighted by Gasteiger charge is -1.84. The van der Waals surface area contributed by atoms with Crippen LogP contribution in [0.15, 0.2) is 12.2 Å². The first-order valence-corrected chi connectivity index (χ1v) is 2.38. The number of amides is 1. The third-order valence-electron chi connectivity index (χ3n) is 0.604. The summed E-state index contributed by atoms with van der Waals surface area (Å²) in [6.07, 6.45) is 3.00. The van der Waals surface area contributed by atoms with Crippen LogP contribution < -0.4 is 11.1 Å². The zero-order valence-corrected chi connectivity index (χ0v) is 6.07. The van der Waals surface area contributed by atoms with Crippen LogP contribution in [0.25, 0.3) is 0 Å². The van der Waals surface area contributed by atoms with Crippen LogP contribution >= 0.6 is 12.4 Å². The fraction of sp³-hybridized carbons (Fsp3) is 0.400. The molecule has 0 aromatic rings. The van der Waals surface area contributed by atoms with Gasteiger partial charge >= 0.3 is 0 Å². The number of rotatable bonds is 3. The fourth-order valence-electron chi connectivity index (χ4n) is 0.293. The molecule has 3 nitrogen and oxygen atoms in total. The highest BCUT2D eigenvalue weighted by Gasteiger charge is 1.77. The number of nitrogens with one attached hydrogen (secondary N) is 1. The van der Waals surface area contributed by atoms with Gasteiger partial charge < -0.3 is 11.1 Å². The third-order valence-corrected chi connectivity index (χ3v) is 0.604. The van der Waals surface area contributed by atoms with Gasteiger partial charge in [-0.05, 0) is 13.1 Å². The maximum Gasteiger partial charge on any atom is 0.241 e. The van der Waals surface area contributed by atoms with Crippen molar-refractivity contribution < 1.29 is 4.79 Å². The van der Waals surface area contributed by atoms with E-state index < -0.39 is 5.91 Å². The lowest BCUT2D eigenvalue weighted by atomic mass is 10.5. The monoisotopic (exact) mass is 150 g/mol. The van der Waals surface area contributed by atoms with Crippen molar-refractivity contribution in [2.24, 2.45) is 5.73 Å². The average molecular weight is 151 g/mol. The van der Waals surface area contributed by atoms with E-state index in [1.54, 1.807) is 13.1 Å². The van der Waals surface area contributed by atoms with Gasteiger partial charge in [-0.1, -0.05) is 6.08 Å². The molecule has 0 saturated heterocycles. The zero-order chi connectivity index (χ0) is 6.41. The lowest BCUT2D eigenvalue weighted by Crippen LogP contribution is -2.09. The molecule has 1 amide bonds. The minimum atomic E-state index is -0.403. The van der Waals surface area contributed by atoms with E-state index in [-0.39, 0.29) is 12.4 Å². The van der Waals surface area contributed by atoms with Gasteiger partial charge in [-0.3, -0.25) is 4.79 Å². The highest BCUT2D eigenvalue weighted by atomic mass is 35.5. The second-order valence-corrected chi connectivity index (χ2v) is 1.36. The van der Waals surface area contributed by atoms with Crippen molar-refractivity contribution in [1.82, 2.24) is 5.32 Å². The summed E-state index contributed by atoms with van der Waals surface area (Å²) < 4.78 is 0. The van der Waals surface area contributed by atoms with Gasteiger partial charge in [-0.2, -0.15) is 0 Å². The first-order valence-electron chi connectivity index (χ1n) is 2.38. The maximum atomic E-state index is 9.98. The Morgan fingerprint density at radius 2 is 2.33 bits per heavy atom. The van der Waals surface area contributed by atoms with E-state index in [4.69, 9.17) is 5.73 Å². The molecule has 0 spiro atoms. The minimum absolute atomic E-state index is 0. The summed E-state index contributed by atoms with van der Waals surface area (Å²) in [6.45, 7) is 0.683. The van der Waals surface area contributed by atoms with E-state index in [0.717, 1.165) is 0 Å². The number of primary amides is 1. The molecule has 9 heavy (non-hydrogen) atoms. The normalized spacial score (nSPS) is 9.00. The Hall–Kier alpha value is -0.540. The standard InChI is InChI=1S/C5H10N2O.ClH/c1-7-4-2-3-5(6)8;/h2-3,7H,4H2,1H3,(H2,6,8);1H. The smallest absolute Gasteiger partial charge is 0.241 e. The molecular formula is C5H11ClN2O. The van der Waals surface area contributed by atoms with E-state index in [1.165, 1.54) is 6.08 Å². The molecule has 0 saturated carbocycles. The second kappa shape index (κ2) is 7.46. The molecular weight excluding hydrogens is 140 g/mol. The Bertz CT molecular complexity index is 103. The lowest BCUT2D eigenvalue weighted by molar-refractivity contribution is -0.113. The van der Waals surface area contributed by atoms with Crippen molar-refractivity contribution >= 4 is 18.3 Å². The van der Waals surface area contributed by atoms with Crippen LogP contribution in [0.5, 0.6) is 0 Å². The Kier molecular flexibility index (Phi) is 9.35. The van der Waals surface area contributed by atoms with Crippen LogP contribution in [-0.2, 0) is 4.79 Å². The number of nitrogens with two attached hydrogens (primary N) is 1. The average Bonchev–Trinajstić information content (AvgIpc) is 1.66. The van der Waals surface area contributed by atoms with E-state index in [0.29, 0.717) is 6.54 Å². The molecule has 0 rings (SSSR count). The van der Waals surface area contributed by atoms with E-state index in [1.807, 2.05) is 0 Å². The Morgan fingerprint density at radius 3 is 2.67 bits per heavy atom. The first kappa shape index (κ1) is 11.3. The van der Waals surface area contributed by atoms with E-state index in [2.05, 4.69) is 5.32 Å². The molecule has 0 bridgehead atoms. The minimum Gasteiger partial charge on any atom is -0.366 e. The van der Waals surface area contributed by atoms with Crippen molar-refractivity contribution in [3.8, 4) is 0 Å². The topological polar surface area (TPSA) is 55.1 Å². The van der Waals surface area contributed by atoms with Crippen molar-refractivity contribution in [2.75, 3.05) is 13.6 Å². The molecule has 0 aromatic carbocycles. The second-order valence-electron chi connectivity index (χ2n) is 1.36. The van der Waals surface area contributed by atoms with Gasteiger partial charge in [0.05, 0.1) is 0 Å². The van der Waals surface area contributed by atoms with Gasteiger partial charge in [0.15, 0.2) is 0 Å². The molecule has 4 heteroatoms. The quantitative estimate of drug-likeness (QED) is 0.542. The van der Waals surface area contributed by atoms with Crippen LogP contribution in [0.1, 0.15) is 0 Å². The molecule has 0 aliphatic rings. The van der Waals surface area contributed by atoms with Crippen LogP contribution in [-0.4, -0.2) is 19.5 Å². The van der Waals surface area contributed by atoms with Crippen LogP contribution in [0.3, 0.4) is 0 Å². The van der Waals surface area contributed by atoms with Crippen molar-refractivity contribution in [3.05, 3.63) is 12.2 Å². The van der Waals surface area contributed by atoms with Crippen LogP contribution in [0.2, 0.25) is 0 Å². The fourth-order valence-corrected chi connectivity index (χ4v) is 0.293. The Balaban J connectivity index is 0. The number of carbonyl (C=O) groups excluding carboxylic acids is 1. The van der Waals surface area contributed by atoms with Gasteiger partial charge in [-0.25, -0.2) is 0 Å². The van der Waals surface area contributed by atoms with Crippen molar-refractivity contribution in [3.63, 3.8) is 0 Å². The molecule has 0 aliphatic carbocycles. The van der Waals surface area contributed by atoms with Gasteiger partial charge in [0.1, 0.15) is 0 Å². The van der Waals surface area contributed by atoms with E-state index in [9.17, 15) is 4.79 Å². The summed E-state index contributed by atoms with van der Waals surface area (Å²) in [6, 6.07) is 0. The molecule has 0 aliphatic heterocycles. The number of halogens is 1. The summed E-state index contributed by atoms with van der Waals surface area (Å²) >= 11 is 0. The molecule has 54 valence electrons. The van der Waals surface area contributed by atoms with Crippen LogP contribution in [0, 0.1) is 0 Å². The largest absolute Gasteiger partial charge is 0.366 e. The predicted octanol–water partition coefficient (Wildman–Crippen LogP) is -0.331. The molecule has 0 atom stereocenters. The first-order chi connectivity index (χ1) is 3.77. The zero-order valence-electron chi connectivity index (χ0n) is 5.26. The van der Waals surface area contributed by atoms with Gasteiger partial charge in [0, 0.05) is 6.54 Å². The highest BCUT2D eigenvalue weighted by molar-refractivity contribution is 5.85. The summed E-state index contributed by atoms with van der Waals surface area (Å²) in [5.41, 5.74) is 4.78. The molecule has 0 aromatic heterocycles. The molecule has 3 N–H and O–H groups in total. The SMILES string of the molecule is CNCC=CC(N)=O.Cl. The van der Waals surface area contributed by atoms with E-state index >= 15 is 0 Å². The van der Waals surface area contributed by atoms with Gasteiger partial charge in [-0.15, -0.1) is 12.4 Å². The summed E-state index contributed by atoms with van der Waals surface area (Å²) in [5, 5.41) is 2.83. The summed E-state index contributed by atoms with van der Waals surface area (Å²) in [5.74, 6) is -0.403. The van der Waals surface area contributed by atoms with Gasteiger partial charge in [0.2, 0.25) is 5.91 Å². The molecule has 0 unspecified atom stereocenters. The maximum absolute atomic E-state index is 9.98. The molecule has 0 fully saturated rings. The number of carbonyl (C=O) groups is 1. The van der Waals surface area contributed by atoms with Crippen molar-refractivity contribution in [2.45, 2.75) is 0 Å². The predicted molar refractivity (Wildman–Crippen MR) is 39.5 cm³/mol. The highest BCUT2D eigenvalue weighted by Crippen LogP contribution is 1.65. The van der Waals surface area contributed by atoms with Crippen molar-refractivity contribution in [1.29, 1.82) is 0 Å². The van der Waals surface area contributed by atoms with Crippen LogP contribution in [0.4, 0.5) is 0 Å². The Labute approximate surface area is 60.7 Å². The number of hydrogen-bond acceptors (Lipinski definition) is 2. The van der Waals surface area contributed by atoms with Gasteiger partial charge in [0.25, 0.3) is 0 Å². The number of hydrogen-bond donors (Lipinski definition) is 2.